The van der Waals surface area contributed by atoms with Gasteiger partial charge < -0.3 is 0 Å². The van der Waals surface area contributed by atoms with Gasteiger partial charge in [-0.15, -0.1) is 0 Å². The van der Waals surface area contributed by atoms with Crippen LogP contribution < -0.4 is 0 Å². The molecule has 0 amide bonds. The standard InChI is InChI=1S/C46H30/c1-2-8-34-27-39(20-19-33(34)7-1)40-22-21-35-25-31(15-17-37(35)28-40)13-14-32-16-18-38-29-43(24-23-36(38)26-32)46-44-11-5-3-9-41(44)30-42-10-4-6-12-45(42)46/h1-30H. The van der Waals surface area contributed by atoms with E-state index in [1.807, 2.05) is 0 Å². The van der Waals surface area contributed by atoms with Crippen molar-refractivity contribution >= 4 is 66.0 Å². The van der Waals surface area contributed by atoms with Gasteiger partial charge in [0.15, 0.2) is 0 Å². The molecule has 0 bridgehead atoms. The van der Waals surface area contributed by atoms with Gasteiger partial charge in [0.05, 0.1) is 0 Å². The maximum Gasteiger partial charge on any atom is -0.00266 e. The van der Waals surface area contributed by atoms with Gasteiger partial charge in [-0.3, -0.25) is 0 Å². The highest BCUT2D eigenvalue weighted by Gasteiger charge is 2.10. The zero-order valence-corrected chi connectivity index (χ0v) is 25.3. The van der Waals surface area contributed by atoms with Crippen LogP contribution in [0.3, 0.4) is 0 Å². The first kappa shape index (κ1) is 26.4. The number of rotatable bonds is 4. The third-order valence-electron chi connectivity index (χ3n) is 9.34. The number of hydrogen-bond acceptors (Lipinski definition) is 0. The summed E-state index contributed by atoms with van der Waals surface area (Å²) in [5, 5.41) is 12.7. The van der Waals surface area contributed by atoms with Gasteiger partial charge in [0, 0.05) is 0 Å². The molecular formula is C46H30. The summed E-state index contributed by atoms with van der Waals surface area (Å²) >= 11 is 0. The van der Waals surface area contributed by atoms with E-state index in [0.29, 0.717) is 0 Å². The van der Waals surface area contributed by atoms with E-state index in [-0.39, 0.29) is 0 Å². The molecule has 9 aromatic rings. The zero-order chi connectivity index (χ0) is 30.5. The van der Waals surface area contributed by atoms with E-state index in [0.717, 1.165) is 0 Å². The van der Waals surface area contributed by atoms with Crippen LogP contribution >= 0.6 is 0 Å². The molecule has 9 rings (SSSR count). The highest BCUT2D eigenvalue weighted by atomic mass is 14.1. The fourth-order valence-electron chi connectivity index (χ4n) is 6.96. The minimum atomic E-state index is 1.20. The van der Waals surface area contributed by atoms with Gasteiger partial charge in [0.2, 0.25) is 0 Å². The second-order valence-electron chi connectivity index (χ2n) is 12.2. The molecule has 0 radical (unpaired) electrons. The molecular weight excluding hydrogens is 553 g/mol. The highest BCUT2D eigenvalue weighted by molar-refractivity contribution is 6.13. The molecule has 0 aliphatic carbocycles. The largest absolute Gasteiger partial charge is 0.0616 e. The fraction of sp³-hybridized carbons (Fsp3) is 0. The smallest absolute Gasteiger partial charge is 0.00266 e. The Hall–Kier alpha value is -5.98. The molecule has 0 heteroatoms. The SMILES string of the molecule is C(=Cc1ccc2cc(-c3c4ccccc4cc4ccccc34)ccc2c1)c1ccc2cc(-c3ccc4ccccc4c3)ccc2c1. The van der Waals surface area contributed by atoms with Crippen LogP contribution in [0.1, 0.15) is 11.1 Å². The maximum atomic E-state index is 2.34. The van der Waals surface area contributed by atoms with Gasteiger partial charge in [-0.1, -0.05) is 146 Å². The van der Waals surface area contributed by atoms with E-state index in [1.54, 1.807) is 0 Å². The summed E-state index contributed by atoms with van der Waals surface area (Å²) in [6.07, 6.45) is 4.44. The van der Waals surface area contributed by atoms with E-state index >= 15 is 0 Å². The minimum Gasteiger partial charge on any atom is -0.0616 e. The van der Waals surface area contributed by atoms with Crippen molar-refractivity contribution in [3.8, 4) is 22.3 Å². The summed E-state index contributed by atoms with van der Waals surface area (Å²) in [4.78, 5) is 0. The molecule has 0 saturated carbocycles. The molecule has 0 aliphatic heterocycles. The first-order valence-electron chi connectivity index (χ1n) is 15.9. The number of hydrogen-bond donors (Lipinski definition) is 0. The van der Waals surface area contributed by atoms with Crippen LogP contribution in [-0.2, 0) is 0 Å². The Morgan fingerprint density at radius 3 is 1.24 bits per heavy atom. The van der Waals surface area contributed by atoms with E-state index in [4.69, 9.17) is 0 Å². The molecule has 46 heavy (non-hydrogen) atoms. The topological polar surface area (TPSA) is 0 Å². The molecule has 0 spiro atoms. The Balaban J connectivity index is 1.01. The van der Waals surface area contributed by atoms with Gasteiger partial charge in [0.1, 0.15) is 0 Å². The van der Waals surface area contributed by atoms with E-state index < -0.39 is 0 Å². The van der Waals surface area contributed by atoms with Crippen molar-refractivity contribution in [3.05, 3.63) is 181 Å². The first-order valence-corrected chi connectivity index (χ1v) is 15.9. The molecule has 0 nitrogen and oxygen atoms in total. The van der Waals surface area contributed by atoms with Gasteiger partial charge in [-0.25, -0.2) is 0 Å². The summed E-state index contributed by atoms with van der Waals surface area (Å²) in [7, 11) is 0. The average Bonchev–Trinajstić information content (AvgIpc) is 3.12. The van der Waals surface area contributed by atoms with Crippen molar-refractivity contribution in [2.75, 3.05) is 0 Å². The monoisotopic (exact) mass is 582 g/mol. The molecule has 0 N–H and O–H groups in total. The Kier molecular flexibility index (Phi) is 6.25. The van der Waals surface area contributed by atoms with E-state index in [2.05, 4.69) is 182 Å². The first-order chi connectivity index (χ1) is 22.7. The van der Waals surface area contributed by atoms with Crippen LogP contribution in [0.15, 0.2) is 170 Å². The second kappa shape index (κ2) is 10.9. The summed E-state index contributed by atoms with van der Waals surface area (Å²) in [5.41, 5.74) is 7.45. The van der Waals surface area contributed by atoms with Gasteiger partial charge in [-0.2, -0.15) is 0 Å². The fourth-order valence-corrected chi connectivity index (χ4v) is 6.96. The second-order valence-corrected chi connectivity index (χ2v) is 12.2. The van der Waals surface area contributed by atoms with Crippen LogP contribution in [0.4, 0.5) is 0 Å². The highest BCUT2D eigenvalue weighted by Crippen LogP contribution is 2.38. The van der Waals surface area contributed by atoms with Crippen LogP contribution in [0.25, 0.3) is 88.3 Å². The van der Waals surface area contributed by atoms with Gasteiger partial charge >= 0.3 is 0 Å². The van der Waals surface area contributed by atoms with Crippen molar-refractivity contribution in [1.82, 2.24) is 0 Å². The quantitative estimate of drug-likeness (QED) is 0.143. The van der Waals surface area contributed by atoms with Crippen LogP contribution in [0.2, 0.25) is 0 Å². The lowest BCUT2D eigenvalue weighted by molar-refractivity contribution is 1.66. The van der Waals surface area contributed by atoms with Crippen molar-refractivity contribution in [2.45, 2.75) is 0 Å². The summed E-state index contributed by atoms with van der Waals surface area (Å²) in [6.45, 7) is 0. The molecule has 0 atom stereocenters. The number of benzene rings is 9. The van der Waals surface area contributed by atoms with Crippen LogP contribution in [0.5, 0.6) is 0 Å². The minimum absolute atomic E-state index is 1.20. The Bertz CT molecular complexity index is 2580. The molecule has 0 aliphatic rings. The molecule has 0 aromatic heterocycles. The average molecular weight is 583 g/mol. The van der Waals surface area contributed by atoms with E-state index in [9.17, 15) is 0 Å². The Morgan fingerprint density at radius 1 is 0.261 bits per heavy atom. The molecule has 0 heterocycles. The molecule has 214 valence electrons. The predicted molar refractivity (Wildman–Crippen MR) is 200 cm³/mol. The molecule has 0 saturated heterocycles. The van der Waals surface area contributed by atoms with Crippen molar-refractivity contribution < 1.29 is 0 Å². The van der Waals surface area contributed by atoms with Gasteiger partial charge in [-0.05, 0) is 124 Å². The molecule has 0 unspecified atom stereocenters. The zero-order valence-electron chi connectivity index (χ0n) is 25.3. The Labute approximate surface area is 268 Å². The summed E-state index contributed by atoms with van der Waals surface area (Å²) in [5.74, 6) is 0. The van der Waals surface area contributed by atoms with Crippen LogP contribution in [-0.4, -0.2) is 0 Å². The Morgan fingerprint density at radius 2 is 0.652 bits per heavy atom. The maximum absolute atomic E-state index is 2.34. The third kappa shape index (κ3) is 4.72. The lowest BCUT2D eigenvalue weighted by Crippen LogP contribution is -1.86. The molecule has 9 aromatic carbocycles. The normalized spacial score (nSPS) is 11.8. The molecule has 0 fully saturated rings. The van der Waals surface area contributed by atoms with Crippen molar-refractivity contribution in [3.63, 3.8) is 0 Å². The lowest BCUT2D eigenvalue weighted by atomic mass is 9.91. The summed E-state index contributed by atoms with van der Waals surface area (Å²) < 4.78 is 0. The van der Waals surface area contributed by atoms with Gasteiger partial charge in [0.25, 0.3) is 0 Å². The van der Waals surface area contributed by atoms with E-state index in [1.165, 1.54) is 87.2 Å². The van der Waals surface area contributed by atoms with Crippen molar-refractivity contribution in [2.24, 2.45) is 0 Å². The summed E-state index contributed by atoms with van der Waals surface area (Å²) in [6, 6.07) is 62.1. The predicted octanol–water partition coefficient (Wildman–Crippen LogP) is 13.0. The number of fused-ring (bicyclic) bond motifs is 5. The van der Waals surface area contributed by atoms with Crippen LogP contribution in [0, 0.1) is 0 Å². The van der Waals surface area contributed by atoms with Crippen molar-refractivity contribution in [1.29, 1.82) is 0 Å². The lowest BCUT2D eigenvalue weighted by Gasteiger charge is -2.13. The third-order valence-corrected chi connectivity index (χ3v) is 9.34.